The maximum atomic E-state index is 13.2. The molecule has 0 unspecified atom stereocenters. The van der Waals surface area contributed by atoms with Gasteiger partial charge in [0.1, 0.15) is 0 Å². The number of benzene rings is 3. The largest absolute Gasteiger partial charge is 0.374 e. The van der Waals surface area contributed by atoms with Crippen LogP contribution >= 0.6 is 0 Å². The number of carbonyl (C=O) groups excluding carboxylic acids is 1. The lowest BCUT2D eigenvalue weighted by Gasteiger charge is -2.33. The molecule has 154 valence electrons. The molecule has 0 aromatic heterocycles. The fourth-order valence-electron chi connectivity index (χ4n) is 3.99. The van der Waals surface area contributed by atoms with Crippen LogP contribution in [0.25, 0.3) is 0 Å². The Morgan fingerprint density at radius 1 is 0.900 bits per heavy atom. The lowest BCUT2D eigenvalue weighted by atomic mass is 9.90. The van der Waals surface area contributed by atoms with Crippen LogP contribution in [0.5, 0.6) is 0 Å². The molecular weight excluding hydrogens is 372 g/mol. The third-order valence-electron chi connectivity index (χ3n) is 5.50. The molecule has 4 nitrogen and oxygen atoms in total. The van der Waals surface area contributed by atoms with Crippen molar-refractivity contribution in [3.8, 4) is 0 Å². The molecule has 1 N–H and O–H groups in total. The lowest BCUT2D eigenvalue weighted by molar-refractivity contribution is -0.123. The number of nitrogens with zero attached hydrogens (tertiary/aromatic N) is 1. The summed E-state index contributed by atoms with van der Waals surface area (Å²) in [6.45, 7) is 3.84. The van der Waals surface area contributed by atoms with E-state index in [4.69, 9.17) is 4.74 Å². The highest BCUT2D eigenvalue weighted by atomic mass is 16.5. The monoisotopic (exact) mass is 400 g/mol. The number of ether oxygens (including phenoxy) is 1. The summed E-state index contributed by atoms with van der Waals surface area (Å²) in [6.07, 6.45) is -0.00129. The third kappa shape index (κ3) is 5.35. The first-order valence-electron chi connectivity index (χ1n) is 10.5. The zero-order valence-corrected chi connectivity index (χ0v) is 17.1. The number of carbonyl (C=O) groups is 1. The van der Waals surface area contributed by atoms with Crippen LogP contribution in [0.2, 0.25) is 0 Å². The Kier molecular flexibility index (Phi) is 6.91. The minimum absolute atomic E-state index is 0.00129. The van der Waals surface area contributed by atoms with Crippen LogP contribution in [0.4, 0.5) is 0 Å². The molecule has 0 saturated carbocycles. The van der Waals surface area contributed by atoms with Crippen LogP contribution < -0.4 is 5.32 Å². The van der Waals surface area contributed by atoms with Crippen molar-refractivity contribution in [1.29, 1.82) is 0 Å². The molecule has 1 atom stereocenters. The third-order valence-corrected chi connectivity index (χ3v) is 5.50. The molecule has 3 aromatic carbocycles. The van der Waals surface area contributed by atoms with Crippen molar-refractivity contribution < 1.29 is 9.53 Å². The summed E-state index contributed by atoms with van der Waals surface area (Å²) in [5.74, 6) is -0.312. The quantitative estimate of drug-likeness (QED) is 0.655. The molecule has 0 spiro atoms. The van der Waals surface area contributed by atoms with Crippen LogP contribution in [0.1, 0.15) is 22.6 Å². The molecular formula is C26H28N2O2. The van der Waals surface area contributed by atoms with Crippen LogP contribution in [-0.2, 0) is 16.1 Å². The topological polar surface area (TPSA) is 41.6 Å². The van der Waals surface area contributed by atoms with Gasteiger partial charge in [0.15, 0.2) is 0 Å². The standard InChI is InChI=1S/C26H28N2O2/c29-26(25(22-12-6-2-7-13-22)23-14-8-3-9-15-23)27-18-24-20-28(16-17-30-24)19-21-10-4-1-5-11-21/h1-15,24-25H,16-20H2,(H,27,29)/t24-/m1/s1. The van der Waals surface area contributed by atoms with Gasteiger partial charge in [-0.25, -0.2) is 0 Å². The van der Waals surface area contributed by atoms with Crippen molar-refractivity contribution in [2.75, 3.05) is 26.2 Å². The van der Waals surface area contributed by atoms with Crippen molar-refractivity contribution in [1.82, 2.24) is 10.2 Å². The summed E-state index contributed by atoms with van der Waals surface area (Å²) < 4.78 is 5.93. The first-order valence-corrected chi connectivity index (χ1v) is 10.5. The average Bonchev–Trinajstić information content (AvgIpc) is 2.80. The predicted octanol–water partition coefficient (Wildman–Crippen LogP) is 3.84. The first kappa shape index (κ1) is 20.3. The zero-order chi connectivity index (χ0) is 20.6. The van der Waals surface area contributed by atoms with Gasteiger partial charge in [-0.1, -0.05) is 91.0 Å². The van der Waals surface area contributed by atoms with Gasteiger partial charge in [0.25, 0.3) is 0 Å². The Hall–Kier alpha value is -2.95. The predicted molar refractivity (Wildman–Crippen MR) is 119 cm³/mol. The van der Waals surface area contributed by atoms with Gasteiger partial charge >= 0.3 is 0 Å². The zero-order valence-electron chi connectivity index (χ0n) is 17.1. The number of nitrogens with one attached hydrogen (secondary N) is 1. The summed E-state index contributed by atoms with van der Waals surface area (Å²) in [5, 5.41) is 3.14. The molecule has 4 rings (SSSR count). The van der Waals surface area contributed by atoms with Gasteiger partial charge < -0.3 is 10.1 Å². The molecule has 1 heterocycles. The van der Waals surface area contributed by atoms with Crippen molar-refractivity contribution in [2.45, 2.75) is 18.6 Å². The number of rotatable bonds is 7. The van der Waals surface area contributed by atoms with Crippen molar-refractivity contribution in [3.05, 3.63) is 108 Å². The van der Waals surface area contributed by atoms with E-state index in [0.29, 0.717) is 13.2 Å². The van der Waals surface area contributed by atoms with E-state index in [9.17, 15) is 4.79 Å². The Bertz CT molecular complexity index is 876. The Morgan fingerprint density at radius 3 is 2.07 bits per heavy atom. The van der Waals surface area contributed by atoms with Gasteiger partial charge in [-0.05, 0) is 16.7 Å². The molecule has 0 bridgehead atoms. The van der Waals surface area contributed by atoms with Gasteiger partial charge in [0.05, 0.1) is 18.6 Å². The van der Waals surface area contributed by atoms with Crippen molar-refractivity contribution >= 4 is 5.91 Å². The summed E-state index contributed by atoms with van der Waals surface area (Å²) in [4.78, 5) is 15.6. The van der Waals surface area contributed by atoms with Crippen LogP contribution in [0.15, 0.2) is 91.0 Å². The normalized spacial score (nSPS) is 17.0. The smallest absolute Gasteiger partial charge is 0.232 e. The molecule has 0 radical (unpaired) electrons. The van der Waals surface area contributed by atoms with E-state index >= 15 is 0 Å². The Labute approximate surface area is 178 Å². The highest BCUT2D eigenvalue weighted by Gasteiger charge is 2.25. The van der Waals surface area contributed by atoms with E-state index in [-0.39, 0.29) is 17.9 Å². The molecule has 0 aliphatic carbocycles. The maximum Gasteiger partial charge on any atom is 0.232 e. The highest BCUT2D eigenvalue weighted by Crippen LogP contribution is 2.24. The Morgan fingerprint density at radius 2 is 1.47 bits per heavy atom. The minimum atomic E-state index is -0.323. The SMILES string of the molecule is O=C(NC[C@@H]1CN(Cc2ccccc2)CCO1)C(c1ccccc1)c1ccccc1. The van der Waals surface area contributed by atoms with E-state index in [2.05, 4.69) is 34.5 Å². The van der Waals surface area contributed by atoms with E-state index < -0.39 is 0 Å². The molecule has 3 aromatic rings. The molecule has 1 fully saturated rings. The maximum absolute atomic E-state index is 13.2. The fraction of sp³-hybridized carbons (Fsp3) is 0.269. The number of amides is 1. The van der Waals surface area contributed by atoms with Gasteiger partial charge in [-0.2, -0.15) is 0 Å². The van der Waals surface area contributed by atoms with Crippen LogP contribution in [-0.4, -0.2) is 43.2 Å². The molecule has 1 amide bonds. The van der Waals surface area contributed by atoms with Crippen molar-refractivity contribution in [3.63, 3.8) is 0 Å². The van der Waals surface area contributed by atoms with Gasteiger partial charge in [0.2, 0.25) is 5.91 Å². The summed E-state index contributed by atoms with van der Waals surface area (Å²) in [6, 6.07) is 30.4. The lowest BCUT2D eigenvalue weighted by Crippen LogP contribution is -2.47. The van der Waals surface area contributed by atoms with Crippen molar-refractivity contribution in [2.24, 2.45) is 0 Å². The second-order valence-electron chi connectivity index (χ2n) is 7.71. The molecule has 1 saturated heterocycles. The Balaban J connectivity index is 1.38. The highest BCUT2D eigenvalue weighted by molar-refractivity contribution is 5.87. The van der Waals surface area contributed by atoms with Gasteiger partial charge in [-0.15, -0.1) is 0 Å². The van der Waals surface area contributed by atoms with E-state index in [0.717, 1.165) is 30.8 Å². The molecule has 4 heteroatoms. The molecule has 1 aliphatic rings. The number of morpholine rings is 1. The minimum Gasteiger partial charge on any atom is -0.374 e. The van der Waals surface area contributed by atoms with Gasteiger partial charge in [0, 0.05) is 26.2 Å². The van der Waals surface area contributed by atoms with E-state index in [1.165, 1.54) is 5.56 Å². The second-order valence-corrected chi connectivity index (χ2v) is 7.71. The van der Waals surface area contributed by atoms with E-state index in [1.807, 2.05) is 66.7 Å². The number of hydrogen-bond donors (Lipinski definition) is 1. The van der Waals surface area contributed by atoms with E-state index in [1.54, 1.807) is 0 Å². The summed E-state index contributed by atoms with van der Waals surface area (Å²) >= 11 is 0. The van der Waals surface area contributed by atoms with Gasteiger partial charge in [-0.3, -0.25) is 9.69 Å². The first-order chi connectivity index (χ1) is 14.8. The average molecular weight is 401 g/mol. The number of hydrogen-bond acceptors (Lipinski definition) is 3. The molecule has 1 aliphatic heterocycles. The summed E-state index contributed by atoms with van der Waals surface area (Å²) in [5.41, 5.74) is 3.29. The molecule has 30 heavy (non-hydrogen) atoms. The second kappa shape index (κ2) is 10.2. The summed E-state index contributed by atoms with van der Waals surface area (Å²) in [7, 11) is 0. The van der Waals surface area contributed by atoms with Crippen LogP contribution in [0.3, 0.4) is 0 Å². The van der Waals surface area contributed by atoms with Crippen LogP contribution in [0, 0.1) is 0 Å². The fourth-order valence-corrected chi connectivity index (χ4v) is 3.99.